The molecule has 78 valence electrons. The van der Waals surface area contributed by atoms with Crippen LogP contribution in [0, 0.1) is 5.92 Å². The standard InChI is InChI=1S/C8H17NO3S/c1-2-13(11,12)7(5-10)8(9)6-3-4-6/h6-8,10H,2-5,9H2,1H3/t7-,8+/m1/s1. The molecule has 0 spiro atoms. The van der Waals surface area contributed by atoms with Crippen LogP contribution < -0.4 is 5.73 Å². The largest absolute Gasteiger partial charge is 0.395 e. The van der Waals surface area contributed by atoms with Gasteiger partial charge in [-0.1, -0.05) is 6.92 Å². The Morgan fingerprint density at radius 2 is 2.08 bits per heavy atom. The van der Waals surface area contributed by atoms with Gasteiger partial charge in [0.15, 0.2) is 9.84 Å². The molecule has 0 aliphatic heterocycles. The lowest BCUT2D eigenvalue weighted by Crippen LogP contribution is -2.45. The van der Waals surface area contributed by atoms with E-state index in [1.54, 1.807) is 6.92 Å². The Bertz CT molecular complexity index is 259. The van der Waals surface area contributed by atoms with Crippen molar-refractivity contribution in [2.45, 2.75) is 31.1 Å². The van der Waals surface area contributed by atoms with Crippen molar-refractivity contribution < 1.29 is 13.5 Å². The molecular weight excluding hydrogens is 190 g/mol. The van der Waals surface area contributed by atoms with Crippen LogP contribution in [0.15, 0.2) is 0 Å². The molecule has 5 heteroatoms. The zero-order chi connectivity index (χ0) is 10.1. The van der Waals surface area contributed by atoms with Gasteiger partial charge in [0.2, 0.25) is 0 Å². The summed E-state index contributed by atoms with van der Waals surface area (Å²) in [6.07, 6.45) is 1.99. The Kier molecular flexibility index (Phi) is 3.32. The van der Waals surface area contributed by atoms with Gasteiger partial charge in [-0.25, -0.2) is 8.42 Å². The van der Waals surface area contributed by atoms with Crippen LogP contribution in [0.3, 0.4) is 0 Å². The molecule has 0 radical (unpaired) electrons. The smallest absolute Gasteiger partial charge is 0.156 e. The topological polar surface area (TPSA) is 80.4 Å². The van der Waals surface area contributed by atoms with E-state index in [4.69, 9.17) is 10.8 Å². The van der Waals surface area contributed by atoms with Gasteiger partial charge < -0.3 is 10.8 Å². The maximum Gasteiger partial charge on any atom is 0.156 e. The van der Waals surface area contributed by atoms with Gasteiger partial charge in [0.1, 0.15) is 0 Å². The van der Waals surface area contributed by atoms with Crippen molar-refractivity contribution in [3.63, 3.8) is 0 Å². The van der Waals surface area contributed by atoms with Gasteiger partial charge in [-0.15, -0.1) is 0 Å². The van der Waals surface area contributed by atoms with Crippen LogP contribution in [-0.4, -0.2) is 37.2 Å². The summed E-state index contributed by atoms with van der Waals surface area (Å²) in [5.74, 6) is 0.358. The Morgan fingerprint density at radius 1 is 1.54 bits per heavy atom. The van der Waals surface area contributed by atoms with Crippen molar-refractivity contribution >= 4 is 9.84 Å². The second-order valence-corrected chi connectivity index (χ2v) is 6.10. The zero-order valence-electron chi connectivity index (χ0n) is 7.81. The summed E-state index contributed by atoms with van der Waals surface area (Å²) in [4.78, 5) is 0. The average molecular weight is 207 g/mol. The van der Waals surface area contributed by atoms with Crippen LogP contribution in [0.2, 0.25) is 0 Å². The molecule has 1 saturated carbocycles. The van der Waals surface area contributed by atoms with Gasteiger partial charge in [-0.05, 0) is 18.8 Å². The van der Waals surface area contributed by atoms with E-state index in [0.29, 0.717) is 5.92 Å². The molecule has 2 atom stereocenters. The summed E-state index contributed by atoms with van der Waals surface area (Å²) in [5.41, 5.74) is 5.76. The third-order valence-electron chi connectivity index (χ3n) is 2.64. The van der Waals surface area contributed by atoms with Crippen LogP contribution in [0.25, 0.3) is 0 Å². The predicted octanol–water partition coefficient (Wildman–Crippen LogP) is -0.481. The molecule has 4 nitrogen and oxygen atoms in total. The first-order valence-electron chi connectivity index (χ1n) is 4.61. The third-order valence-corrected chi connectivity index (χ3v) is 4.83. The van der Waals surface area contributed by atoms with E-state index < -0.39 is 15.1 Å². The molecule has 0 aromatic carbocycles. The van der Waals surface area contributed by atoms with Crippen LogP contribution in [-0.2, 0) is 9.84 Å². The highest BCUT2D eigenvalue weighted by Gasteiger charge is 2.39. The highest BCUT2D eigenvalue weighted by Crippen LogP contribution is 2.34. The minimum atomic E-state index is -3.19. The maximum absolute atomic E-state index is 11.5. The van der Waals surface area contributed by atoms with Crippen LogP contribution in [0.5, 0.6) is 0 Å². The molecule has 0 unspecified atom stereocenters. The first-order valence-corrected chi connectivity index (χ1v) is 6.32. The second-order valence-electron chi connectivity index (χ2n) is 3.59. The SMILES string of the molecule is CCS(=O)(=O)[C@H](CO)[C@@H](N)C1CC1. The molecule has 3 N–H and O–H groups in total. The monoisotopic (exact) mass is 207 g/mol. The molecule has 1 rings (SSSR count). The molecule has 0 amide bonds. The predicted molar refractivity (Wildman–Crippen MR) is 51.0 cm³/mol. The molecule has 1 fully saturated rings. The van der Waals surface area contributed by atoms with Crippen molar-refractivity contribution in [2.24, 2.45) is 11.7 Å². The molecular formula is C8H17NO3S. The Labute approximate surface area is 79.0 Å². The van der Waals surface area contributed by atoms with Crippen molar-refractivity contribution in [1.82, 2.24) is 0 Å². The summed E-state index contributed by atoms with van der Waals surface area (Å²) in [6.45, 7) is 1.23. The summed E-state index contributed by atoms with van der Waals surface area (Å²) in [6, 6.07) is -0.380. The minimum absolute atomic E-state index is 0.0542. The molecule has 1 aliphatic carbocycles. The van der Waals surface area contributed by atoms with Crippen molar-refractivity contribution in [3.8, 4) is 0 Å². The van der Waals surface area contributed by atoms with Crippen molar-refractivity contribution in [3.05, 3.63) is 0 Å². The summed E-state index contributed by atoms with van der Waals surface area (Å²) < 4.78 is 22.9. The van der Waals surface area contributed by atoms with Crippen molar-refractivity contribution in [2.75, 3.05) is 12.4 Å². The second kappa shape index (κ2) is 3.94. The van der Waals surface area contributed by atoms with Crippen LogP contribution in [0.1, 0.15) is 19.8 Å². The molecule has 0 aromatic rings. The van der Waals surface area contributed by atoms with Gasteiger partial charge in [-0.3, -0.25) is 0 Å². The first-order chi connectivity index (χ1) is 6.03. The highest BCUT2D eigenvalue weighted by atomic mass is 32.2. The fourth-order valence-corrected chi connectivity index (χ4v) is 2.83. The highest BCUT2D eigenvalue weighted by molar-refractivity contribution is 7.92. The van der Waals surface area contributed by atoms with E-state index in [0.717, 1.165) is 12.8 Å². The van der Waals surface area contributed by atoms with E-state index in [9.17, 15) is 8.42 Å². The molecule has 1 aliphatic rings. The number of rotatable bonds is 5. The lowest BCUT2D eigenvalue weighted by Gasteiger charge is -2.20. The normalized spacial score (nSPS) is 22.7. The number of sulfone groups is 1. The Balaban J connectivity index is 2.71. The number of aliphatic hydroxyl groups is 1. The van der Waals surface area contributed by atoms with Gasteiger partial charge in [0, 0.05) is 11.8 Å². The van der Waals surface area contributed by atoms with Crippen LogP contribution in [0.4, 0.5) is 0 Å². The quantitative estimate of drug-likeness (QED) is 0.638. The molecule has 0 aromatic heterocycles. The Hall–Kier alpha value is -0.130. The van der Waals surface area contributed by atoms with E-state index in [1.807, 2.05) is 0 Å². The number of aliphatic hydroxyl groups excluding tert-OH is 1. The van der Waals surface area contributed by atoms with Gasteiger partial charge in [0.25, 0.3) is 0 Å². The molecule has 0 saturated heterocycles. The summed E-state index contributed by atoms with van der Waals surface area (Å²) >= 11 is 0. The lowest BCUT2D eigenvalue weighted by molar-refractivity contribution is 0.271. The third kappa shape index (κ3) is 2.42. The van der Waals surface area contributed by atoms with Gasteiger partial charge in [0.05, 0.1) is 11.9 Å². The van der Waals surface area contributed by atoms with E-state index in [-0.39, 0.29) is 18.4 Å². The van der Waals surface area contributed by atoms with Gasteiger partial charge >= 0.3 is 0 Å². The summed E-state index contributed by atoms with van der Waals surface area (Å²) in [7, 11) is -3.19. The zero-order valence-corrected chi connectivity index (χ0v) is 8.63. The van der Waals surface area contributed by atoms with Gasteiger partial charge in [-0.2, -0.15) is 0 Å². The molecule has 0 heterocycles. The lowest BCUT2D eigenvalue weighted by atomic mass is 10.1. The van der Waals surface area contributed by atoms with E-state index in [2.05, 4.69) is 0 Å². The average Bonchev–Trinajstić information content (AvgIpc) is 2.87. The molecule has 13 heavy (non-hydrogen) atoms. The Morgan fingerprint density at radius 3 is 2.38 bits per heavy atom. The fourth-order valence-electron chi connectivity index (χ4n) is 1.47. The molecule has 0 bridgehead atoms. The van der Waals surface area contributed by atoms with E-state index in [1.165, 1.54) is 0 Å². The number of hydrogen-bond donors (Lipinski definition) is 2. The summed E-state index contributed by atoms with van der Waals surface area (Å²) in [5, 5.41) is 8.22. The number of hydrogen-bond acceptors (Lipinski definition) is 4. The van der Waals surface area contributed by atoms with Crippen molar-refractivity contribution in [1.29, 1.82) is 0 Å². The maximum atomic E-state index is 11.5. The number of nitrogens with two attached hydrogens (primary N) is 1. The fraction of sp³-hybridized carbons (Fsp3) is 1.00. The minimum Gasteiger partial charge on any atom is -0.395 e. The van der Waals surface area contributed by atoms with Crippen LogP contribution >= 0.6 is 0 Å². The first kappa shape index (κ1) is 10.9. The van der Waals surface area contributed by atoms with E-state index >= 15 is 0 Å².